The fourth-order valence-corrected chi connectivity index (χ4v) is 3.96. The van der Waals surface area contributed by atoms with Crippen LogP contribution in [-0.2, 0) is 13.1 Å². The Morgan fingerprint density at radius 2 is 2.12 bits per heavy atom. The van der Waals surface area contributed by atoms with Crippen LogP contribution in [0, 0.1) is 6.92 Å². The van der Waals surface area contributed by atoms with Crippen molar-refractivity contribution < 1.29 is 9.21 Å². The SMILES string of the molecule is CCSc1ccc(C(=O)N(Cc2ccco2)Cc2ccc(C)s2)cn1. The normalized spacial score (nSPS) is 10.8. The molecule has 3 rings (SSSR count). The molecule has 130 valence electrons. The Morgan fingerprint density at radius 1 is 1.24 bits per heavy atom. The average Bonchev–Trinajstić information content (AvgIpc) is 3.26. The van der Waals surface area contributed by atoms with Gasteiger partial charge in [-0.1, -0.05) is 6.92 Å². The predicted octanol–water partition coefficient (Wildman–Crippen LogP) is 5.00. The van der Waals surface area contributed by atoms with E-state index < -0.39 is 0 Å². The van der Waals surface area contributed by atoms with Gasteiger partial charge < -0.3 is 9.32 Å². The summed E-state index contributed by atoms with van der Waals surface area (Å²) in [6.07, 6.45) is 3.29. The third kappa shape index (κ3) is 4.74. The van der Waals surface area contributed by atoms with Crippen LogP contribution in [0.25, 0.3) is 0 Å². The quantitative estimate of drug-likeness (QED) is 0.548. The van der Waals surface area contributed by atoms with E-state index in [0.717, 1.165) is 21.4 Å². The molecule has 25 heavy (non-hydrogen) atoms. The van der Waals surface area contributed by atoms with Crippen molar-refractivity contribution in [2.45, 2.75) is 32.0 Å². The predicted molar refractivity (Wildman–Crippen MR) is 102 cm³/mol. The van der Waals surface area contributed by atoms with Crippen LogP contribution in [0.5, 0.6) is 0 Å². The first-order chi connectivity index (χ1) is 12.2. The fraction of sp³-hybridized carbons (Fsp3) is 0.263. The van der Waals surface area contributed by atoms with E-state index >= 15 is 0 Å². The minimum atomic E-state index is -0.0389. The van der Waals surface area contributed by atoms with Crippen LogP contribution in [0.4, 0.5) is 0 Å². The number of aromatic nitrogens is 1. The topological polar surface area (TPSA) is 46.3 Å². The minimum Gasteiger partial charge on any atom is -0.467 e. The number of furan rings is 1. The van der Waals surface area contributed by atoms with E-state index in [1.165, 1.54) is 4.88 Å². The Labute approximate surface area is 155 Å². The molecule has 0 bridgehead atoms. The van der Waals surface area contributed by atoms with Gasteiger partial charge in [0.05, 0.1) is 29.9 Å². The summed E-state index contributed by atoms with van der Waals surface area (Å²) in [5.74, 6) is 1.69. The van der Waals surface area contributed by atoms with Gasteiger partial charge in [-0.3, -0.25) is 4.79 Å². The van der Waals surface area contributed by atoms with E-state index in [0.29, 0.717) is 18.7 Å². The first-order valence-electron chi connectivity index (χ1n) is 8.11. The fourth-order valence-electron chi connectivity index (χ4n) is 2.47. The van der Waals surface area contributed by atoms with Crippen LogP contribution in [0.2, 0.25) is 0 Å². The number of carbonyl (C=O) groups is 1. The van der Waals surface area contributed by atoms with Gasteiger partial charge in [0, 0.05) is 16.0 Å². The zero-order valence-corrected chi connectivity index (χ0v) is 15.9. The molecule has 3 aromatic heterocycles. The van der Waals surface area contributed by atoms with Crippen LogP contribution in [0.3, 0.4) is 0 Å². The Kier molecular flexibility index (Phi) is 5.94. The standard InChI is InChI=1S/C19H20N2O2S2/c1-3-24-18-9-7-15(11-20-18)19(22)21(12-16-5-4-10-23-16)13-17-8-6-14(2)25-17/h4-11H,3,12-13H2,1-2H3. The van der Waals surface area contributed by atoms with Crippen LogP contribution in [-0.4, -0.2) is 21.5 Å². The van der Waals surface area contributed by atoms with E-state index in [2.05, 4.69) is 31.0 Å². The van der Waals surface area contributed by atoms with E-state index in [1.807, 2.05) is 24.3 Å². The van der Waals surface area contributed by atoms with Crippen LogP contribution < -0.4 is 0 Å². The summed E-state index contributed by atoms with van der Waals surface area (Å²) in [7, 11) is 0. The van der Waals surface area contributed by atoms with Gasteiger partial charge in [0.15, 0.2) is 0 Å². The van der Waals surface area contributed by atoms with Gasteiger partial charge in [-0.25, -0.2) is 4.98 Å². The number of hydrogen-bond donors (Lipinski definition) is 0. The Bertz CT molecular complexity index is 810. The number of nitrogens with zero attached hydrogens (tertiary/aromatic N) is 2. The molecule has 0 radical (unpaired) electrons. The molecule has 0 aliphatic rings. The number of aryl methyl sites for hydroxylation is 1. The summed E-state index contributed by atoms with van der Waals surface area (Å²) >= 11 is 3.37. The highest BCUT2D eigenvalue weighted by atomic mass is 32.2. The van der Waals surface area contributed by atoms with Crippen LogP contribution in [0.1, 0.15) is 32.8 Å². The molecule has 0 spiro atoms. The van der Waals surface area contributed by atoms with Crippen molar-refractivity contribution in [3.8, 4) is 0 Å². The second-order valence-corrected chi connectivity index (χ2v) is 8.23. The second-order valence-electron chi connectivity index (χ2n) is 5.57. The summed E-state index contributed by atoms with van der Waals surface area (Å²) < 4.78 is 5.43. The van der Waals surface area contributed by atoms with Gasteiger partial charge in [-0.05, 0) is 49.1 Å². The van der Waals surface area contributed by atoms with E-state index in [9.17, 15) is 4.79 Å². The molecular formula is C19H20N2O2S2. The van der Waals surface area contributed by atoms with Gasteiger partial charge in [-0.15, -0.1) is 23.1 Å². The molecule has 0 saturated heterocycles. The van der Waals surface area contributed by atoms with Crippen molar-refractivity contribution in [2.75, 3.05) is 5.75 Å². The van der Waals surface area contributed by atoms with Gasteiger partial charge >= 0.3 is 0 Å². The zero-order chi connectivity index (χ0) is 17.6. The molecule has 6 heteroatoms. The lowest BCUT2D eigenvalue weighted by molar-refractivity contribution is 0.0719. The molecule has 0 aromatic carbocycles. The molecule has 0 aliphatic carbocycles. The molecule has 0 fully saturated rings. The lowest BCUT2D eigenvalue weighted by Gasteiger charge is -2.21. The van der Waals surface area contributed by atoms with Gasteiger partial charge in [0.25, 0.3) is 5.91 Å². The van der Waals surface area contributed by atoms with Crippen LogP contribution in [0.15, 0.2) is 58.3 Å². The second kappa shape index (κ2) is 8.36. The number of amides is 1. The summed E-state index contributed by atoms with van der Waals surface area (Å²) in [5.41, 5.74) is 0.597. The maximum absolute atomic E-state index is 13.0. The zero-order valence-electron chi connectivity index (χ0n) is 14.3. The molecule has 1 amide bonds. The highest BCUT2D eigenvalue weighted by Gasteiger charge is 2.19. The molecule has 0 aliphatic heterocycles. The minimum absolute atomic E-state index is 0.0389. The molecule has 4 nitrogen and oxygen atoms in total. The Hall–Kier alpha value is -2.05. The number of carbonyl (C=O) groups excluding carboxylic acids is 1. The highest BCUT2D eigenvalue weighted by Crippen LogP contribution is 2.21. The van der Waals surface area contributed by atoms with Gasteiger partial charge in [0.1, 0.15) is 5.76 Å². The largest absolute Gasteiger partial charge is 0.467 e. The maximum Gasteiger partial charge on any atom is 0.256 e. The van der Waals surface area contributed by atoms with Crippen molar-refractivity contribution in [2.24, 2.45) is 0 Å². The molecule has 0 unspecified atom stereocenters. The number of pyridine rings is 1. The number of thioether (sulfide) groups is 1. The molecule has 3 heterocycles. The monoisotopic (exact) mass is 372 g/mol. The molecular weight excluding hydrogens is 352 g/mol. The maximum atomic E-state index is 13.0. The Morgan fingerprint density at radius 3 is 2.72 bits per heavy atom. The Balaban J connectivity index is 1.80. The van der Waals surface area contributed by atoms with Crippen molar-refractivity contribution in [3.05, 3.63) is 69.9 Å². The van der Waals surface area contributed by atoms with E-state index in [1.54, 1.807) is 40.5 Å². The number of hydrogen-bond acceptors (Lipinski definition) is 5. The summed E-state index contributed by atoms with van der Waals surface area (Å²) in [5, 5.41) is 0.936. The summed E-state index contributed by atoms with van der Waals surface area (Å²) in [6, 6.07) is 11.6. The molecule has 0 N–H and O–H groups in total. The first kappa shape index (κ1) is 17.8. The van der Waals surface area contributed by atoms with Crippen molar-refractivity contribution in [1.29, 1.82) is 0 Å². The van der Waals surface area contributed by atoms with Crippen molar-refractivity contribution in [3.63, 3.8) is 0 Å². The highest BCUT2D eigenvalue weighted by molar-refractivity contribution is 7.99. The first-order valence-corrected chi connectivity index (χ1v) is 9.91. The summed E-state index contributed by atoms with van der Waals surface area (Å²) in [6.45, 7) is 5.15. The van der Waals surface area contributed by atoms with E-state index in [-0.39, 0.29) is 5.91 Å². The smallest absolute Gasteiger partial charge is 0.256 e. The number of thiophene rings is 1. The van der Waals surface area contributed by atoms with Gasteiger partial charge in [0.2, 0.25) is 0 Å². The van der Waals surface area contributed by atoms with Crippen LogP contribution >= 0.6 is 23.1 Å². The third-order valence-corrected chi connectivity index (χ3v) is 5.44. The average molecular weight is 373 g/mol. The van der Waals surface area contributed by atoms with Crippen molar-refractivity contribution in [1.82, 2.24) is 9.88 Å². The van der Waals surface area contributed by atoms with E-state index in [4.69, 9.17) is 4.42 Å². The number of rotatable bonds is 7. The lowest BCUT2D eigenvalue weighted by Crippen LogP contribution is -2.29. The molecule has 0 saturated carbocycles. The lowest BCUT2D eigenvalue weighted by atomic mass is 10.2. The third-order valence-electron chi connectivity index (χ3n) is 3.63. The molecule has 0 atom stereocenters. The van der Waals surface area contributed by atoms with Crippen molar-refractivity contribution >= 4 is 29.0 Å². The van der Waals surface area contributed by atoms with Gasteiger partial charge in [-0.2, -0.15) is 0 Å². The molecule has 3 aromatic rings. The summed E-state index contributed by atoms with van der Waals surface area (Å²) in [4.78, 5) is 21.6.